The van der Waals surface area contributed by atoms with Crippen molar-refractivity contribution in [2.24, 2.45) is 0 Å². The summed E-state index contributed by atoms with van der Waals surface area (Å²) in [5, 5.41) is 21.8. The zero-order valence-electron chi connectivity index (χ0n) is 25.6. The number of hydrogen-bond donors (Lipinski definition) is 0. The molecular weight excluding hydrogens is 550 g/mol. The zero-order chi connectivity index (χ0) is 31.2. The first kappa shape index (κ1) is 27.8. The normalized spacial score (nSPS) is 11.1. The summed E-state index contributed by atoms with van der Waals surface area (Å²) in [6.07, 6.45) is 3.24. The minimum Gasteiger partial charge on any atom is -0.308 e. The van der Waals surface area contributed by atoms with Gasteiger partial charge in [-0.25, -0.2) is 9.97 Å². The molecule has 0 atom stereocenters. The first-order valence-electron chi connectivity index (χ1n) is 14.8. The highest BCUT2D eigenvalue weighted by Gasteiger charge is 2.18. The van der Waals surface area contributed by atoms with E-state index in [1.165, 1.54) is 33.4 Å². The molecule has 5 heteroatoms. The lowest BCUT2D eigenvalue weighted by Crippen LogP contribution is -1.99. The summed E-state index contributed by atoms with van der Waals surface area (Å²) >= 11 is 0. The lowest BCUT2D eigenvalue weighted by molar-refractivity contribution is 1.11. The maximum Gasteiger partial charge on any atom is 0.232 e. The van der Waals surface area contributed by atoms with E-state index in [0.717, 1.165) is 49.7 Å². The van der Waals surface area contributed by atoms with Gasteiger partial charge in [-0.3, -0.25) is 0 Å². The number of hydrogen-bond acceptors (Lipinski definition) is 4. The smallest absolute Gasteiger partial charge is 0.232 e. The maximum atomic E-state index is 10.5. The summed E-state index contributed by atoms with van der Waals surface area (Å²) in [6, 6.07) is 36.7. The molecule has 0 aliphatic rings. The van der Waals surface area contributed by atoms with E-state index < -0.39 is 0 Å². The molecule has 0 fully saturated rings. The molecule has 0 aliphatic carbocycles. The standard InChI is InChI=1S/C40H29N5/c1-24-5-10-33(26(3)15-24)29-7-12-35-36-13-8-30(34-11-6-25(2)16-27(34)4)19-39(36)45(38(35)18-29)37-14-9-28(17-31(37)20-41)32-22-43-40(21-42)44-23-32/h5-19,22-23H,1-4H3. The van der Waals surface area contributed by atoms with Gasteiger partial charge in [-0.15, -0.1) is 0 Å². The van der Waals surface area contributed by atoms with Crippen molar-refractivity contribution >= 4 is 21.8 Å². The van der Waals surface area contributed by atoms with E-state index in [1.807, 2.05) is 24.3 Å². The molecule has 5 nitrogen and oxygen atoms in total. The molecule has 0 saturated heterocycles. The third kappa shape index (κ3) is 4.82. The van der Waals surface area contributed by atoms with Gasteiger partial charge >= 0.3 is 0 Å². The summed E-state index contributed by atoms with van der Waals surface area (Å²) in [5.41, 5.74) is 14.5. The third-order valence-corrected chi connectivity index (χ3v) is 8.60. The number of aromatic nitrogens is 3. The molecule has 0 radical (unpaired) electrons. The van der Waals surface area contributed by atoms with E-state index in [1.54, 1.807) is 12.4 Å². The van der Waals surface area contributed by atoms with Crippen LogP contribution in [-0.2, 0) is 0 Å². The van der Waals surface area contributed by atoms with Gasteiger partial charge in [0.25, 0.3) is 0 Å². The monoisotopic (exact) mass is 579 g/mol. The van der Waals surface area contributed by atoms with Crippen LogP contribution in [0.25, 0.3) is 60.9 Å². The molecule has 0 amide bonds. The summed E-state index contributed by atoms with van der Waals surface area (Å²) < 4.78 is 2.22. The fourth-order valence-electron chi connectivity index (χ4n) is 6.42. The topological polar surface area (TPSA) is 78.3 Å². The van der Waals surface area contributed by atoms with Crippen molar-refractivity contribution in [2.45, 2.75) is 27.7 Å². The van der Waals surface area contributed by atoms with Crippen LogP contribution in [-0.4, -0.2) is 14.5 Å². The van der Waals surface area contributed by atoms with Gasteiger partial charge in [-0.1, -0.05) is 77.9 Å². The second-order valence-corrected chi connectivity index (χ2v) is 11.7. The largest absolute Gasteiger partial charge is 0.308 e. The van der Waals surface area contributed by atoms with Crippen molar-refractivity contribution in [3.05, 3.63) is 137 Å². The highest BCUT2D eigenvalue weighted by atomic mass is 15.0. The Bertz CT molecular complexity index is 2270. The average molecular weight is 580 g/mol. The number of benzene rings is 5. The molecule has 7 rings (SSSR count). The molecule has 5 aromatic carbocycles. The minimum absolute atomic E-state index is 0.111. The van der Waals surface area contributed by atoms with E-state index in [4.69, 9.17) is 5.26 Å². The summed E-state index contributed by atoms with van der Waals surface area (Å²) in [6.45, 7) is 8.53. The predicted molar refractivity (Wildman–Crippen MR) is 181 cm³/mol. The SMILES string of the molecule is Cc1ccc(-c2ccc3c4ccc(-c5ccc(C)cc5C)cc4n(-c4ccc(-c5cnc(C#N)nc5)cc4C#N)c3c2)c(C)c1. The molecule has 0 unspecified atom stereocenters. The van der Waals surface area contributed by atoms with Crippen LogP contribution >= 0.6 is 0 Å². The quantitative estimate of drug-likeness (QED) is 0.208. The summed E-state index contributed by atoms with van der Waals surface area (Å²) in [4.78, 5) is 8.25. The Labute approximate surface area is 262 Å². The maximum absolute atomic E-state index is 10.5. The van der Waals surface area contributed by atoms with Crippen molar-refractivity contribution in [1.82, 2.24) is 14.5 Å². The van der Waals surface area contributed by atoms with Crippen molar-refractivity contribution in [1.29, 1.82) is 10.5 Å². The van der Waals surface area contributed by atoms with Crippen LogP contribution in [0.4, 0.5) is 0 Å². The van der Waals surface area contributed by atoms with Gasteiger partial charge in [0.1, 0.15) is 12.1 Å². The van der Waals surface area contributed by atoms with E-state index in [-0.39, 0.29) is 5.82 Å². The van der Waals surface area contributed by atoms with Gasteiger partial charge in [0, 0.05) is 28.7 Å². The highest BCUT2D eigenvalue weighted by molar-refractivity contribution is 6.11. The van der Waals surface area contributed by atoms with Crippen molar-refractivity contribution in [2.75, 3.05) is 0 Å². The number of fused-ring (bicyclic) bond motifs is 3. The van der Waals surface area contributed by atoms with Gasteiger partial charge in [-0.05, 0) is 90.9 Å². The van der Waals surface area contributed by atoms with Crippen molar-refractivity contribution in [3.8, 4) is 51.2 Å². The van der Waals surface area contributed by atoms with Crippen LogP contribution in [0.5, 0.6) is 0 Å². The molecule has 7 aromatic rings. The lowest BCUT2D eigenvalue weighted by Gasteiger charge is -2.14. The summed E-state index contributed by atoms with van der Waals surface area (Å²) in [7, 11) is 0. The number of rotatable bonds is 4. The van der Waals surface area contributed by atoms with Crippen LogP contribution in [0.2, 0.25) is 0 Å². The number of nitriles is 2. The molecule has 2 aromatic heterocycles. The van der Waals surface area contributed by atoms with Gasteiger partial charge in [-0.2, -0.15) is 10.5 Å². The molecule has 214 valence electrons. The van der Waals surface area contributed by atoms with Crippen molar-refractivity contribution < 1.29 is 0 Å². The van der Waals surface area contributed by atoms with Crippen molar-refractivity contribution in [3.63, 3.8) is 0 Å². The molecule has 45 heavy (non-hydrogen) atoms. The molecule has 0 saturated carbocycles. The Hall–Kier alpha value is -6.04. The number of nitrogens with zero attached hydrogens (tertiary/aromatic N) is 5. The van der Waals surface area contributed by atoms with Crippen LogP contribution in [0.1, 0.15) is 33.6 Å². The second-order valence-electron chi connectivity index (χ2n) is 11.7. The van der Waals surface area contributed by atoms with Gasteiger partial charge in [0.15, 0.2) is 0 Å². The Morgan fingerprint density at radius 3 is 1.56 bits per heavy atom. The second kappa shape index (κ2) is 10.9. The van der Waals surface area contributed by atoms with Gasteiger partial charge in [0.05, 0.1) is 22.3 Å². The van der Waals surface area contributed by atoms with Gasteiger partial charge < -0.3 is 4.57 Å². The lowest BCUT2D eigenvalue weighted by atomic mass is 9.96. The first-order chi connectivity index (χ1) is 21.8. The third-order valence-electron chi connectivity index (χ3n) is 8.60. The first-order valence-corrected chi connectivity index (χ1v) is 14.8. The van der Waals surface area contributed by atoms with Crippen LogP contribution in [0.3, 0.4) is 0 Å². The molecule has 2 heterocycles. The van der Waals surface area contributed by atoms with E-state index >= 15 is 0 Å². The van der Waals surface area contributed by atoms with Gasteiger partial charge in [0.2, 0.25) is 5.82 Å². The molecular formula is C40H29N5. The summed E-state index contributed by atoms with van der Waals surface area (Å²) in [5.74, 6) is 0.111. The zero-order valence-corrected chi connectivity index (χ0v) is 25.6. The molecule has 0 aliphatic heterocycles. The molecule has 0 spiro atoms. The van der Waals surface area contributed by atoms with Crippen LogP contribution in [0, 0.1) is 50.4 Å². The fourth-order valence-corrected chi connectivity index (χ4v) is 6.42. The number of aryl methyl sites for hydroxylation is 4. The van der Waals surface area contributed by atoms with Crippen LogP contribution in [0.15, 0.2) is 103 Å². The Morgan fingerprint density at radius 1 is 0.533 bits per heavy atom. The Kier molecular flexibility index (Phi) is 6.73. The molecule has 0 N–H and O–H groups in total. The molecule has 0 bridgehead atoms. The Balaban J connectivity index is 1.50. The van der Waals surface area contributed by atoms with E-state index in [2.05, 4.69) is 121 Å². The van der Waals surface area contributed by atoms with E-state index in [9.17, 15) is 5.26 Å². The fraction of sp³-hybridized carbons (Fsp3) is 0.100. The minimum atomic E-state index is 0.111. The Morgan fingerprint density at radius 2 is 1.07 bits per heavy atom. The highest BCUT2D eigenvalue weighted by Crippen LogP contribution is 2.39. The van der Waals surface area contributed by atoms with E-state index in [0.29, 0.717) is 5.56 Å². The average Bonchev–Trinajstić information content (AvgIpc) is 3.37. The van der Waals surface area contributed by atoms with Crippen LogP contribution < -0.4 is 0 Å². The predicted octanol–water partition coefficient (Wildman–Crippen LogP) is 9.55.